The van der Waals surface area contributed by atoms with Gasteiger partial charge in [-0.25, -0.2) is 4.98 Å². The molecule has 0 aliphatic rings. The summed E-state index contributed by atoms with van der Waals surface area (Å²) >= 11 is 11.7. The molecule has 0 saturated carbocycles. The molecule has 2 aromatic heterocycles. The molecular formula is C8H4Cl2N2. The van der Waals surface area contributed by atoms with E-state index in [2.05, 4.69) is 9.97 Å². The van der Waals surface area contributed by atoms with Crippen LogP contribution in [0, 0.1) is 0 Å². The third kappa shape index (κ3) is 1.13. The highest BCUT2D eigenvalue weighted by atomic mass is 35.5. The minimum Gasteiger partial charge on any atom is -0.253 e. The molecule has 2 rings (SSSR count). The van der Waals surface area contributed by atoms with Crippen molar-refractivity contribution in [3.8, 4) is 0 Å². The van der Waals surface area contributed by atoms with Gasteiger partial charge < -0.3 is 0 Å². The van der Waals surface area contributed by atoms with Crippen molar-refractivity contribution in [2.24, 2.45) is 0 Å². The Hall–Kier alpha value is -0.860. The summed E-state index contributed by atoms with van der Waals surface area (Å²) in [7, 11) is 0. The Labute approximate surface area is 79.2 Å². The molecule has 0 amide bonds. The van der Waals surface area contributed by atoms with Gasteiger partial charge in [-0.2, -0.15) is 0 Å². The van der Waals surface area contributed by atoms with Gasteiger partial charge in [0.2, 0.25) is 0 Å². The maximum atomic E-state index is 5.87. The highest BCUT2D eigenvalue weighted by molar-refractivity contribution is 6.38. The molecule has 0 radical (unpaired) electrons. The van der Waals surface area contributed by atoms with Crippen molar-refractivity contribution in [3.63, 3.8) is 0 Å². The number of hydrogen-bond donors (Lipinski definition) is 0. The summed E-state index contributed by atoms with van der Waals surface area (Å²) in [6.07, 6.45) is 3.18. The molecule has 0 unspecified atom stereocenters. The summed E-state index contributed by atoms with van der Waals surface area (Å²) in [6.45, 7) is 0. The van der Waals surface area contributed by atoms with Crippen LogP contribution in [0.1, 0.15) is 0 Å². The Kier molecular flexibility index (Phi) is 1.87. The lowest BCUT2D eigenvalue weighted by Crippen LogP contribution is -1.83. The summed E-state index contributed by atoms with van der Waals surface area (Å²) in [5, 5.41) is 1.79. The maximum absolute atomic E-state index is 5.87. The molecule has 0 aliphatic heterocycles. The normalized spacial score (nSPS) is 10.5. The minimum atomic E-state index is 0.384. The van der Waals surface area contributed by atoms with Gasteiger partial charge in [-0.3, -0.25) is 4.98 Å². The maximum Gasteiger partial charge on any atom is 0.155 e. The quantitative estimate of drug-likeness (QED) is 0.609. The van der Waals surface area contributed by atoms with Gasteiger partial charge in [-0.05, 0) is 12.1 Å². The second-order valence-electron chi connectivity index (χ2n) is 2.30. The van der Waals surface area contributed by atoms with Gasteiger partial charge in [0.05, 0.1) is 5.02 Å². The topological polar surface area (TPSA) is 25.8 Å². The van der Waals surface area contributed by atoms with E-state index in [0.29, 0.717) is 15.7 Å². The van der Waals surface area contributed by atoms with Crippen LogP contribution in [0.4, 0.5) is 0 Å². The number of hydrogen-bond acceptors (Lipinski definition) is 2. The number of pyridine rings is 2. The first-order valence-corrected chi connectivity index (χ1v) is 4.09. The number of nitrogens with zero attached hydrogens (tertiary/aromatic N) is 2. The fourth-order valence-corrected chi connectivity index (χ4v) is 1.41. The van der Waals surface area contributed by atoms with E-state index in [-0.39, 0.29) is 0 Å². The first-order chi connectivity index (χ1) is 5.79. The molecule has 4 heteroatoms. The first kappa shape index (κ1) is 7.77. The average Bonchev–Trinajstić information content (AvgIpc) is 2.12. The predicted octanol–water partition coefficient (Wildman–Crippen LogP) is 2.94. The van der Waals surface area contributed by atoms with E-state index in [1.54, 1.807) is 6.20 Å². The molecule has 0 saturated heterocycles. The Bertz CT molecular complexity index is 388. The molecule has 0 bridgehead atoms. The summed E-state index contributed by atoms with van der Waals surface area (Å²) in [6, 6.07) is 3.67. The average molecular weight is 199 g/mol. The van der Waals surface area contributed by atoms with Gasteiger partial charge in [0.15, 0.2) is 5.15 Å². The monoisotopic (exact) mass is 198 g/mol. The van der Waals surface area contributed by atoms with E-state index in [4.69, 9.17) is 23.2 Å². The van der Waals surface area contributed by atoms with Crippen LogP contribution in [-0.2, 0) is 0 Å². The molecule has 0 aliphatic carbocycles. The van der Waals surface area contributed by atoms with Crippen molar-refractivity contribution in [2.75, 3.05) is 0 Å². The standard InChI is InChI=1S/C8H4Cl2N2/c9-6-4-12-8(10)7-5(6)2-1-3-11-7/h1-4H. The molecule has 12 heavy (non-hydrogen) atoms. The molecular weight excluding hydrogens is 195 g/mol. The number of halogens is 2. The van der Waals surface area contributed by atoms with E-state index < -0.39 is 0 Å². The third-order valence-electron chi connectivity index (χ3n) is 1.55. The Morgan fingerprint density at radius 1 is 1.17 bits per heavy atom. The van der Waals surface area contributed by atoms with Crippen LogP contribution in [0.15, 0.2) is 24.5 Å². The van der Waals surface area contributed by atoms with Gasteiger partial charge in [-0.1, -0.05) is 23.2 Å². The summed E-state index contributed by atoms with van der Waals surface area (Å²) in [4.78, 5) is 7.94. The molecule has 0 spiro atoms. The van der Waals surface area contributed by atoms with Crippen LogP contribution < -0.4 is 0 Å². The molecule has 2 aromatic rings. The minimum absolute atomic E-state index is 0.384. The van der Waals surface area contributed by atoms with Gasteiger partial charge in [0.1, 0.15) is 5.52 Å². The van der Waals surface area contributed by atoms with E-state index in [1.165, 1.54) is 6.20 Å². The van der Waals surface area contributed by atoms with Crippen molar-refractivity contribution in [1.29, 1.82) is 0 Å². The molecule has 0 fully saturated rings. The van der Waals surface area contributed by atoms with Crippen LogP contribution >= 0.6 is 23.2 Å². The molecule has 0 N–H and O–H groups in total. The second-order valence-corrected chi connectivity index (χ2v) is 3.06. The van der Waals surface area contributed by atoms with Crippen molar-refractivity contribution >= 4 is 34.1 Å². The largest absolute Gasteiger partial charge is 0.253 e. The summed E-state index contributed by atoms with van der Waals surface area (Å²) < 4.78 is 0. The van der Waals surface area contributed by atoms with E-state index in [0.717, 1.165) is 5.39 Å². The highest BCUT2D eigenvalue weighted by Crippen LogP contribution is 2.24. The fourth-order valence-electron chi connectivity index (χ4n) is 1.01. The zero-order valence-corrected chi connectivity index (χ0v) is 7.47. The van der Waals surface area contributed by atoms with Crippen molar-refractivity contribution in [1.82, 2.24) is 9.97 Å². The number of rotatable bonds is 0. The van der Waals surface area contributed by atoms with Crippen LogP contribution in [0.25, 0.3) is 10.9 Å². The SMILES string of the molecule is Clc1cnc(Cl)c2ncccc12. The zero-order chi connectivity index (χ0) is 8.55. The van der Waals surface area contributed by atoms with Crippen molar-refractivity contribution in [2.45, 2.75) is 0 Å². The molecule has 0 atom stereocenters. The lowest BCUT2D eigenvalue weighted by Gasteiger charge is -1.98. The van der Waals surface area contributed by atoms with Crippen LogP contribution in [-0.4, -0.2) is 9.97 Å². The van der Waals surface area contributed by atoms with Gasteiger partial charge in [0.25, 0.3) is 0 Å². The highest BCUT2D eigenvalue weighted by Gasteiger charge is 2.03. The molecule has 2 heterocycles. The predicted molar refractivity (Wildman–Crippen MR) is 49.6 cm³/mol. The van der Waals surface area contributed by atoms with Crippen molar-refractivity contribution in [3.05, 3.63) is 34.7 Å². The molecule has 60 valence electrons. The number of fused-ring (bicyclic) bond motifs is 1. The molecule has 2 nitrogen and oxygen atoms in total. The van der Waals surface area contributed by atoms with Crippen molar-refractivity contribution < 1.29 is 0 Å². The second kappa shape index (κ2) is 2.88. The lowest BCUT2D eigenvalue weighted by molar-refractivity contribution is 1.31. The van der Waals surface area contributed by atoms with Gasteiger partial charge in [-0.15, -0.1) is 0 Å². The smallest absolute Gasteiger partial charge is 0.155 e. The Morgan fingerprint density at radius 3 is 2.75 bits per heavy atom. The third-order valence-corrected chi connectivity index (χ3v) is 2.13. The van der Waals surface area contributed by atoms with Crippen LogP contribution in [0.2, 0.25) is 10.2 Å². The summed E-state index contributed by atoms with van der Waals surface area (Å²) in [5.74, 6) is 0. The number of aromatic nitrogens is 2. The fraction of sp³-hybridized carbons (Fsp3) is 0. The van der Waals surface area contributed by atoms with Gasteiger partial charge >= 0.3 is 0 Å². The Morgan fingerprint density at radius 2 is 2.00 bits per heavy atom. The van der Waals surface area contributed by atoms with E-state index in [1.807, 2.05) is 12.1 Å². The van der Waals surface area contributed by atoms with E-state index in [9.17, 15) is 0 Å². The van der Waals surface area contributed by atoms with Crippen LogP contribution in [0.3, 0.4) is 0 Å². The van der Waals surface area contributed by atoms with Gasteiger partial charge in [0, 0.05) is 17.8 Å². The zero-order valence-electron chi connectivity index (χ0n) is 5.96. The Balaban J connectivity index is 2.95. The first-order valence-electron chi connectivity index (χ1n) is 3.34. The summed E-state index contributed by atoms with van der Waals surface area (Å²) in [5.41, 5.74) is 0.645. The van der Waals surface area contributed by atoms with E-state index >= 15 is 0 Å². The lowest BCUT2D eigenvalue weighted by atomic mass is 10.3. The van der Waals surface area contributed by atoms with Crippen LogP contribution in [0.5, 0.6) is 0 Å². The molecule has 0 aromatic carbocycles.